The van der Waals surface area contributed by atoms with Gasteiger partial charge in [-0.1, -0.05) is 65.7 Å². The quantitative estimate of drug-likeness (QED) is 0.0976. The highest BCUT2D eigenvalue weighted by molar-refractivity contribution is 6.31. The van der Waals surface area contributed by atoms with E-state index in [0.717, 1.165) is 33.2 Å². The zero-order chi connectivity index (χ0) is 28.2. The van der Waals surface area contributed by atoms with Crippen LogP contribution in [0.4, 0.5) is 0 Å². The standard InChI is InChI=1S/C32H26ClN3O4/c1-19-15-20(2)29-25(16-19)28(21-9-5-4-6-10-21)30(35-29)31(37)36-34-18-22-11-7-8-12-26(22)40-32(38)24-17-23(33)13-14-27(24)39-3/h4-18,35H,1-3H3,(H,36,37). The number of nitrogens with one attached hydrogen (secondary N) is 2. The fourth-order valence-corrected chi connectivity index (χ4v) is 4.79. The van der Waals surface area contributed by atoms with Crippen molar-refractivity contribution in [2.45, 2.75) is 13.8 Å². The number of aryl methyl sites for hydroxylation is 2. The molecule has 2 N–H and O–H groups in total. The number of esters is 1. The molecule has 5 rings (SSSR count). The van der Waals surface area contributed by atoms with E-state index in [0.29, 0.717) is 22.0 Å². The van der Waals surface area contributed by atoms with Gasteiger partial charge in [-0.05, 0) is 61.4 Å². The number of hydrazone groups is 1. The van der Waals surface area contributed by atoms with Crippen molar-refractivity contribution in [2.75, 3.05) is 7.11 Å². The van der Waals surface area contributed by atoms with Crippen molar-refractivity contribution in [1.29, 1.82) is 0 Å². The van der Waals surface area contributed by atoms with Crippen molar-refractivity contribution < 1.29 is 19.1 Å². The number of halogens is 1. The lowest BCUT2D eigenvalue weighted by Crippen LogP contribution is -2.19. The first-order chi connectivity index (χ1) is 19.4. The van der Waals surface area contributed by atoms with Gasteiger partial charge in [0.15, 0.2) is 0 Å². The molecule has 0 aliphatic heterocycles. The average Bonchev–Trinajstić information content (AvgIpc) is 3.34. The van der Waals surface area contributed by atoms with Crippen molar-refractivity contribution in [3.05, 3.63) is 118 Å². The Hall–Kier alpha value is -4.88. The van der Waals surface area contributed by atoms with Gasteiger partial charge in [0.25, 0.3) is 5.91 Å². The van der Waals surface area contributed by atoms with E-state index < -0.39 is 11.9 Å². The number of methoxy groups -OCH3 is 1. The summed E-state index contributed by atoms with van der Waals surface area (Å²) in [7, 11) is 1.46. The number of nitrogens with zero attached hydrogens (tertiary/aromatic N) is 1. The van der Waals surface area contributed by atoms with Crippen molar-refractivity contribution in [3.8, 4) is 22.6 Å². The Balaban J connectivity index is 1.41. The number of hydrogen-bond acceptors (Lipinski definition) is 5. The molecule has 1 amide bonds. The van der Waals surface area contributed by atoms with Crippen LogP contribution in [-0.4, -0.2) is 30.2 Å². The first-order valence-corrected chi connectivity index (χ1v) is 12.9. The molecule has 8 heteroatoms. The van der Waals surface area contributed by atoms with Gasteiger partial charge in [-0.15, -0.1) is 0 Å². The van der Waals surface area contributed by atoms with Gasteiger partial charge in [0.1, 0.15) is 22.8 Å². The number of fused-ring (bicyclic) bond motifs is 1. The number of carbonyl (C=O) groups is 2. The third kappa shape index (κ3) is 5.46. The maximum atomic E-state index is 13.4. The third-order valence-corrected chi connectivity index (χ3v) is 6.65. The fourth-order valence-electron chi connectivity index (χ4n) is 4.62. The number of amides is 1. The highest BCUT2D eigenvalue weighted by Crippen LogP contribution is 2.34. The van der Waals surface area contributed by atoms with Crippen LogP contribution in [0.3, 0.4) is 0 Å². The second-order valence-corrected chi connectivity index (χ2v) is 9.65. The zero-order valence-corrected chi connectivity index (χ0v) is 22.9. The van der Waals surface area contributed by atoms with E-state index in [4.69, 9.17) is 21.1 Å². The van der Waals surface area contributed by atoms with Crippen LogP contribution in [0.15, 0.2) is 90.0 Å². The van der Waals surface area contributed by atoms with Crippen LogP contribution in [0.1, 0.15) is 37.5 Å². The molecule has 40 heavy (non-hydrogen) atoms. The van der Waals surface area contributed by atoms with E-state index in [1.165, 1.54) is 19.4 Å². The van der Waals surface area contributed by atoms with Gasteiger partial charge < -0.3 is 14.5 Å². The Labute approximate surface area is 236 Å². The predicted molar refractivity (Wildman–Crippen MR) is 158 cm³/mol. The summed E-state index contributed by atoms with van der Waals surface area (Å²) in [6.45, 7) is 4.04. The number of rotatable bonds is 7. The van der Waals surface area contributed by atoms with E-state index in [-0.39, 0.29) is 11.3 Å². The van der Waals surface area contributed by atoms with E-state index in [2.05, 4.69) is 27.6 Å². The maximum Gasteiger partial charge on any atom is 0.347 e. The molecule has 0 atom stereocenters. The highest BCUT2D eigenvalue weighted by Gasteiger charge is 2.21. The van der Waals surface area contributed by atoms with Gasteiger partial charge in [0, 0.05) is 27.1 Å². The van der Waals surface area contributed by atoms with Crippen LogP contribution in [0, 0.1) is 13.8 Å². The molecule has 0 spiro atoms. The van der Waals surface area contributed by atoms with Crippen LogP contribution in [0.2, 0.25) is 5.02 Å². The zero-order valence-electron chi connectivity index (χ0n) is 22.1. The molecule has 0 aliphatic carbocycles. The largest absolute Gasteiger partial charge is 0.496 e. The summed E-state index contributed by atoms with van der Waals surface area (Å²) in [5.74, 6) is -0.443. The molecule has 0 unspecified atom stereocenters. The predicted octanol–water partition coefficient (Wildman–Crippen LogP) is 7.10. The minimum Gasteiger partial charge on any atom is -0.496 e. The number of aromatic nitrogens is 1. The van der Waals surface area contributed by atoms with Crippen LogP contribution >= 0.6 is 11.6 Å². The number of hydrogen-bond donors (Lipinski definition) is 2. The van der Waals surface area contributed by atoms with Crippen molar-refractivity contribution in [1.82, 2.24) is 10.4 Å². The van der Waals surface area contributed by atoms with Crippen molar-refractivity contribution >= 4 is 40.6 Å². The third-order valence-electron chi connectivity index (χ3n) is 6.41. The molecule has 200 valence electrons. The molecule has 0 saturated heterocycles. The first kappa shape index (κ1) is 26.7. The van der Waals surface area contributed by atoms with Crippen molar-refractivity contribution in [3.63, 3.8) is 0 Å². The summed E-state index contributed by atoms with van der Waals surface area (Å²) in [6, 6.07) is 25.5. The number of carbonyl (C=O) groups excluding carboxylic acids is 2. The molecule has 4 aromatic carbocycles. The Morgan fingerprint density at radius 2 is 1.68 bits per heavy atom. The number of H-pyrrole nitrogens is 1. The molecular formula is C32H26ClN3O4. The SMILES string of the molecule is COc1ccc(Cl)cc1C(=O)Oc1ccccc1C=NNC(=O)c1[nH]c2c(C)cc(C)cc2c1-c1ccccc1. The smallest absolute Gasteiger partial charge is 0.347 e. The van der Waals surface area contributed by atoms with E-state index in [1.807, 2.05) is 44.2 Å². The second kappa shape index (κ2) is 11.5. The van der Waals surface area contributed by atoms with Gasteiger partial charge in [0.05, 0.1) is 13.3 Å². The number of aromatic amines is 1. The molecule has 1 aromatic heterocycles. The first-order valence-electron chi connectivity index (χ1n) is 12.5. The van der Waals surface area contributed by atoms with Gasteiger partial charge in [0.2, 0.25) is 0 Å². The molecule has 0 aliphatic rings. The topological polar surface area (TPSA) is 92.8 Å². The van der Waals surface area contributed by atoms with Gasteiger partial charge in [-0.25, -0.2) is 10.2 Å². The Morgan fingerprint density at radius 3 is 2.45 bits per heavy atom. The summed E-state index contributed by atoms with van der Waals surface area (Å²) in [5, 5.41) is 5.51. The summed E-state index contributed by atoms with van der Waals surface area (Å²) >= 11 is 6.07. The van der Waals surface area contributed by atoms with Crippen LogP contribution in [0.5, 0.6) is 11.5 Å². The van der Waals surface area contributed by atoms with Gasteiger partial charge in [-0.3, -0.25) is 4.79 Å². The molecule has 0 bridgehead atoms. The maximum absolute atomic E-state index is 13.4. The van der Waals surface area contributed by atoms with Gasteiger partial charge >= 0.3 is 5.97 Å². The monoisotopic (exact) mass is 551 g/mol. The summed E-state index contributed by atoms with van der Waals surface area (Å²) in [5.41, 5.74) is 8.46. The molecule has 0 radical (unpaired) electrons. The summed E-state index contributed by atoms with van der Waals surface area (Å²) in [6.07, 6.45) is 1.43. The second-order valence-electron chi connectivity index (χ2n) is 9.22. The van der Waals surface area contributed by atoms with E-state index >= 15 is 0 Å². The molecule has 7 nitrogen and oxygen atoms in total. The highest BCUT2D eigenvalue weighted by atomic mass is 35.5. The Bertz CT molecular complexity index is 1760. The van der Waals surface area contributed by atoms with Crippen molar-refractivity contribution in [2.24, 2.45) is 5.10 Å². The van der Waals surface area contributed by atoms with E-state index in [1.54, 1.807) is 36.4 Å². The Morgan fingerprint density at radius 1 is 0.925 bits per heavy atom. The van der Waals surface area contributed by atoms with Crippen LogP contribution < -0.4 is 14.9 Å². The molecule has 0 fully saturated rings. The summed E-state index contributed by atoms with van der Waals surface area (Å²) in [4.78, 5) is 29.6. The average molecular weight is 552 g/mol. The summed E-state index contributed by atoms with van der Waals surface area (Å²) < 4.78 is 10.9. The van der Waals surface area contributed by atoms with Gasteiger partial charge in [-0.2, -0.15) is 5.10 Å². The van der Waals surface area contributed by atoms with E-state index in [9.17, 15) is 9.59 Å². The number of ether oxygens (including phenoxy) is 2. The number of benzene rings is 4. The fraction of sp³-hybridized carbons (Fsp3) is 0.0938. The van der Waals surface area contributed by atoms with Crippen LogP contribution in [0.25, 0.3) is 22.0 Å². The minimum absolute atomic E-state index is 0.188. The molecule has 5 aromatic rings. The lowest BCUT2D eigenvalue weighted by Gasteiger charge is -2.10. The lowest BCUT2D eigenvalue weighted by molar-refractivity contribution is 0.0730. The normalized spacial score (nSPS) is 11.1. The number of para-hydroxylation sites is 1. The minimum atomic E-state index is -0.638. The molecule has 1 heterocycles. The Kier molecular flexibility index (Phi) is 7.66. The molecule has 0 saturated carbocycles. The van der Waals surface area contributed by atoms with Crippen LogP contribution in [-0.2, 0) is 0 Å². The molecular weight excluding hydrogens is 526 g/mol. The lowest BCUT2D eigenvalue weighted by atomic mass is 9.99.